The fourth-order valence-electron chi connectivity index (χ4n) is 4.26. The Balaban J connectivity index is 1.53. The van der Waals surface area contributed by atoms with E-state index in [2.05, 4.69) is 66.2 Å². The van der Waals surface area contributed by atoms with Gasteiger partial charge in [-0.25, -0.2) is 4.98 Å². The SMILES string of the molecule is Cc1nc(S[C@H]2CCN(c3ccc(-c4ccccc4C(C)C)cc3CO)C2)ccc1O. The van der Waals surface area contributed by atoms with Gasteiger partial charge in [0.1, 0.15) is 5.75 Å². The summed E-state index contributed by atoms with van der Waals surface area (Å²) in [5, 5.41) is 21.2. The Kier molecular flexibility index (Phi) is 6.54. The van der Waals surface area contributed by atoms with Crippen molar-refractivity contribution in [2.45, 2.75) is 50.0 Å². The second-order valence-corrected chi connectivity index (χ2v) is 9.79. The van der Waals surface area contributed by atoms with E-state index < -0.39 is 0 Å². The monoisotopic (exact) mass is 434 g/mol. The predicted molar refractivity (Wildman–Crippen MR) is 129 cm³/mol. The van der Waals surface area contributed by atoms with Gasteiger partial charge >= 0.3 is 0 Å². The molecule has 3 aromatic rings. The molecule has 0 radical (unpaired) electrons. The first-order valence-electron chi connectivity index (χ1n) is 10.9. The lowest BCUT2D eigenvalue weighted by Gasteiger charge is -2.23. The summed E-state index contributed by atoms with van der Waals surface area (Å²) in [5.74, 6) is 0.686. The number of hydrogen-bond donors (Lipinski definition) is 2. The van der Waals surface area contributed by atoms with Crippen LogP contribution >= 0.6 is 11.8 Å². The standard InChI is InChI=1S/C26H30N2O2S/c1-17(2)22-6-4-5-7-23(22)19-8-9-24(20(14-19)16-29)28-13-12-21(15-28)31-26-11-10-25(30)18(3)27-26/h4-11,14,17,21,29-30H,12-13,15-16H2,1-3H3/t21-/m0/s1. The van der Waals surface area contributed by atoms with Crippen molar-refractivity contribution in [2.24, 2.45) is 0 Å². The normalized spacial score (nSPS) is 16.3. The minimum atomic E-state index is 0.0278. The molecule has 4 rings (SSSR count). The molecule has 0 unspecified atom stereocenters. The molecule has 4 nitrogen and oxygen atoms in total. The first kappa shape index (κ1) is 21.7. The van der Waals surface area contributed by atoms with Crippen molar-refractivity contribution >= 4 is 17.4 Å². The lowest BCUT2D eigenvalue weighted by Crippen LogP contribution is -2.21. The molecule has 31 heavy (non-hydrogen) atoms. The van der Waals surface area contributed by atoms with Crippen molar-refractivity contribution in [3.05, 3.63) is 71.4 Å². The van der Waals surface area contributed by atoms with E-state index in [0.717, 1.165) is 41.4 Å². The van der Waals surface area contributed by atoms with E-state index in [4.69, 9.17) is 0 Å². The van der Waals surface area contributed by atoms with Gasteiger partial charge in [-0.2, -0.15) is 0 Å². The molecule has 1 aliphatic rings. The van der Waals surface area contributed by atoms with Gasteiger partial charge in [-0.05, 0) is 60.2 Å². The third-order valence-corrected chi connectivity index (χ3v) is 7.14. The van der Waals surface area contributed by atoms with Crippen LogP contribution in [0.3, 0.4) is 0 Å². The zero-order chi connectivity index (χ0) is 22.0. The van der Waals surface area contributed by atoms with Gasteiger partial charge in [-0.15, -0.1) is 11.8 Å². The van der Waals surface area contributed by atoms with Crippen LogP contribution in [0.25, 0.3) is 11.1 Å². The number of aryl methyl sites for hydroxylation is 1. The number of rotatable bonds is 6. The third-order valence-electron chi connectivity index (χ3n) is 5.95. The highest BCUT2D eigenvalue weighted by Crippen LogP contribution is 2.36. The molecule has 1 aromatic heterocycles. The Labute approximate surface area is 189 Å². The van der Waals surface area contributed by atoms with Gasteiger partial charge in [0.25, 0.3) is 0 Å². The molecule has 0 aliphatic carbocycles. The molecule has 1 aliphatic heterocycles. The highest BCUT2D eigenvalue weighted by Gasteiger charge is 2.26. The molecule has 1 atom stereocenters. The van der Waals surface area contributed by atoms with Crippen LogP contribution in [-0.4, -0.2) is 33.5 Å². The number of aromatic hydroxyl groups is 1. The topological polar surface area (TPSA) is 56.6 Å². The maximum atomic E-state index is 10.1. The van der Waals surface area contributed by atoms with Gasteiger partial charge in [0.2, 0.25) is 0 Å². The minimum absolute atomic E-state index is 0.0278. The molecule has 1 fully saturated rings. The van der Waals surface area contributed by atoms with Gasteiger partial charge in [0.15, 0.2) is 0 Å². The van der Waals surface area contributed by atoms with Gasteiger partial charge in [-0.1, -0.05) is 44.2 Å². The predicted octanol–water partition coefficient (Wildman–Crippen LogP) is 5.75. The van der Waals surface area contributed by atoms with E-state index in [1.807, 2.05) is 13.0 Å². The van der Waals surface area contributed by atoms with E-state index in [1.54, 1.807) is 17.8 Å². The maximum Gasteiger partial charge on any atom is 0.136 e. The van der Waals surface area contributed by atoms with Crippen LogP contribution in [0.1, 0.15) is 43.0 Å². The zero-order valence-corrected chi connectivity index (χ0v) is 19.2. The Morgan fingerprint density at radius 3 is 2.68 bits per heavy atom. The summed E-state index contributed by atoms with van der Waals surface area (Å²) < 4.78 is 0. The smallest absolute Gasteiger partial charge is 0.136 e. The number of aliphatic hydroxyl groups excluding tert-OH is 1. The first-order chi connectivity index (χ1) is 15.0. The molecule has 162 valence electrons. The molecule has 0 spiro atoms. The molecule has 0 amide bonds. The van der Waals surface area contributed by atoms with Crippen LogP contribution in [0.15, 0.2) is 59.6 Å². The number of pyridine rings is 1. The van der Waals surface area contributed by atoms with Crippen molar-refractivity contribution < 1.29 is 10.2 Å². The van der Waals surface area contributed by atoms with E-state index in [1.165, 1.54) is 11.1 Å². The van der Waals surface area contributed by atoms with Crippen molar-refractivity contribution in [3.8, 4) is 16.9 Å². The van der Waals surface area contributed by atoms with Crippen LogP contribution in [-0.2, 0) is 6.61 Å². The minimum Gasteiger partial charge on any atom is -0.506 e. The summed E-state index contributed by atoms with van der Waals surface area (Å²) in [6, 6.07) is 18.6. The van der Waals surface area contributed by atoms with Crippen LogP contribution in [0.4, 0.5) is 5.69 Å². The summed E-state index contributed by atoms with van der Waals surface area (Å²) in [6.07, 6.45) is 1.06. The quantitative estimate of drug-likeness (QED) is 0.517. The van der Waals surface area contributed by atoms with Crippen LogP contribution in [0.2, 0.25) is 0 Å². The summed E-state index contributed by atoms with van der Waals surface area (Å²) in [4.78, 5) is 6.86. The molecule has 5 heteroatoms. The second-order valence-electron chi connectivity index (χ2n) is 8.47. The molecular weight excluding hydrogens is 404 g/mol. The molecule has 0 saturated carbocycles. The average molecular weight is 435 g/mol. The van der Waals surface area contributed by atoms with Gasteiger partial charge < -0.3 is 15.1 Å². The number of anilines is 1. The lowest BCUT2D eigenvalue weighted by molar-refractivity contribution is 0.282. The Morgan fingerprint density at radius 1 is 1.13 bits per heavy atom. The molecule has 2 N–H and O–H groups in total. The summed E-state index contributed by atoms with van der Waals surface area (Å²) in [5.41, 5.74) is 6.48. The van der Waals surface area contributed by atoms with Crippen molar-refractivity contribution in [3.63, 3.8) is 0 Å². The summed E-state index contributed by atoms with van der Waals surface area (Å²) in [7, 11) is 0. The van der Waals surface area contributed by atoms with Crippen LogP contribution < -0.4 is 4.90 Å². The van der Waals surface area contributed by atoms with E-state index in [9.17, 15) is 10.2 Å². The molecule has 0 bridgehead atoms. The van der Waals surface area contributed by atoms with Crippen molar-refractivity contribution in [1.82, 2.24) is 4.98 Å². The van der Waals surface area contributed by atoms with Gasteiger partial charge in [0, 0.05) is 29.6 Å². The Bertz CT molecular complexity index is 1070. The summed E-state index contributed by atoms with van der Waals surface area (Å²) in [6.45, 7) is 8.16. The largest absolute Gasteiger partial charge is 0.506 e. The number of aromatic nitrogens is 1. The van der Waals surface area contributed by atoms with Gasteiger partial charge in [-0.3, -0.25) is 0 Å². The number of thioether (sulfide) groups is 1. The molecule has 2 heterocycles. The Hall–Kier alpha value is -2.50. The highest BCUT2D eigenvalue weighted by molar-refractivity contribution is 7.99. The van der Waals surface area contributed by atoms with E-state index in [-0.39, 0.29) is 12.4 Å². The van der Waals surface area contributed by atoms with Crippen LogP contribution in [0, 0.1) is 6.92 Å². The Morgan fingerprint density at radius 2 is 1.94 bits per heavy atom. The van der Waals surface area contributed by atoms with Crippen molar-refractivity contribution in [1.29, 1.82) is 0 Å². The highest BCUT2D eigenvalue weighted by atomic mass is 32.2. The number of aliphatic hydroxyl groups is 1. The molecule has 1 saturated heterocycles. The maximum absolute atomic E-state index is 10.1. The summed E-state index contributed by atoms with van der Waals surface area (Å²) >= 11 is 1.76. The fourth-order valence-corrected chi connectivity index (χ4v) is 5.42. The van der Waals surface area contributed by atoms with E-state index >= 15 is 0 Å². The van der Waals surface area contributed by atoms with Crippen molar-refractivity contribution in [2.75, 3.05) is 18.0 Å². The molecular formula is C26H30N2O2S. The van der Waals surface area contributed by atoms with Crippen LogP contribution in [0.5, 0.6) is 5.75 Å². The average Bonchev–Trinajstić information content (AvgIpc) is 3.24. The number of benzene rings is 2. The molecule has 2 aromatic carbocycles. The number of nitrogens with zero attached hydrogens (tertiary/aromatic N) is 2. The number of hydrogen-bond acceptors (Lipinski definition) is 5. The lowest BCUT2D eigenvalue weighted by atomic mass is 9.91. The van der Waals surface area contributed by atoms with Gasteiger partial charge in [0.05, 0.1) is 17.3 Å². The third kappa shape index (κ3) is 4.73. The second kappa shape index (κ2) is 9.33. The van der Waals surface area contributed by atoms with E-state index in [0.29, 0.717) is 16.9 Å². The first-order valence-corrected chi connectivity index (χ1v) is 11.8. The fraction of sp³-hybridized carbons (Fsp3) is 0.346. The zero-order valence-electron chi connectivity index (χ0n) is 18.4.